The van der Waals surface area contributed by atoms with Gasteiger partial charge in [-0.25, -0.2) is 4.98 Å². The molecule has 0 saturated carbocycles. The molecule has 0 spiro atoms. The minimum atomic E-state index is -0.648. The van der Waals surface area contributed by atoms with Gasteiger partial charge in [0.1, 0.15) is 17.3 Å². The number of nitrogens with two attached hydrogens (primary N) is 1. The second-order valence-corrected chi connectivity index (χ2v) is 6.54. The number of ether oxygens (including phenoxy) is 2. The van der Waals surface area contributed by atoms with E-state index in [0.29, 0.717) is 39.2 Å². The maximum atomic E-state index is 11.4. The summed E-state index contributed by atoms with van der Waals surface area (Å²) in [6, 6.07) is 8.42. The van der Waals surface area contributed by atoms with E-state index in [2.05, 4.69) is 15.6 Å². The summed E-state index contributed by atoms with van der Waals surface area (Å²) in [6.07, 6.45) is 2.97. The van der Waals surface area contributed by atoms with Gasteiger partial charge < -0.3 is 30.3 Å². The lowest BCUT2D eigenvalue weighted by Crippen LogP contribution is -2.20. The van der Waals surface area contributed by atoms with Crippen molar-refractivity contribution in [3.8, 4) is 22.6 Å². The van der Waals surface area contributed by atoms with Crippen LogP contribution in [0.3, 0.4) is 0 Å². The summed E-state index contributed by atoms with van der Waals surface area (Å²) < 4.78 is 15.6. The van der Waals surface area contributed by atoms with Crippen LogP contribution in [-0.2, 0) is 0 Å². The number of pyridine rings is 1. The van der Waals surface area contributed by atoms with E-state index >= 15 is 0 Å². The van der Waals surface area contributed by atoms with Gasteiger partial charge in [-0.1, -0.05) is 11.6 Å². The van der Waals surface area contributed by atoms with E-state index in [9.17, 15) is 4.79 Å². The second-order valence-electron chi connectivity index (χ2n) is 5.73. The first-order chi connectivity index (χ1) is 13.9. The molecular weight excluding hydrogens is 416 g/mol. The second kappa shape index (κ2) is 8.80. The predicted octanol–water partition coefficient (Wildman–Crippen LogP) is 3.92. The van der Waals surface area contributed by atoms with Crippen molar-refractivity contribution in [2.45, 2.75) is 0 Å². The van der Waals surface area contributed by atoms with Crippen LogP contribution < -0.4 is 25.8 Å². The van der Waals surface area contributed by atoms with Crippen LogP contribution in [-0.4, -0.2) is 30.2 Å². The normalized spacial score (nSPS) is 10.3. The largest absolute Gasteiger partial charge is 0.495 e. The number of primary amides is 1. The Labute approximate surface area is 177 Å². The number of carbonyl (C=O) groups excluding carboxylic acids is 1. The van der Waals surface area contributed by atoms with Crippen molar-refractivity contribution in [1.29, 1.82) is 0 Å². The molecule has 0 aliphatic rings. The van der Waals surface area contributed by atoms with Gasteiger partial charge in [0, 0.05) is 23.4 Å². The van der Waals surface area contributed by atoms with Crippen LogP contribution in [0.1, 0.15) is 10.6 Å². The highest BCUT2D eigenvalue weighted by Crippen LogP contribution is 2.36. The van der Waals surface area contributed by atoms with Gasteiger partial charge in [0.25, 0.3) is 5.91 Å². The number of hydrogen-bond donors (Lipinski definition) is 3. The van der Waals surface area contributed by atoms with Crippen LogP contribution in [0.15, 0.2) is 47.2 Å². The molecule has 2 heterocycles. The summed E-state index contributed by atoms with van der Waals surface area (Å²) in [5.74, 6) is 0.921. The average molecular weight is 433 g/mol. The van der Waals surface area contributed by atoms with Crippen LogP contribution in [0.4, 0.5) is 11.5 Å². The SMILES string of the molecule is COc1cc(OC)c(NC(=S)Nc2ccc(-c3ccoc3C(N)=O)cn2)cc1Cl. The number of methoxy groups -OCH3 is 2. The Hall–Kier alpha value is -3.30. The van der Waals surface area contributed by atoms with E-state index in [1.165, 1.54) is 20.5 Å². The smallest absolute Gasteiger partial charge is 0.285 e. The number of nitrogens with one attached hydrogen (secondary N) is 2. The third kappa shape index (κ3) is 4.58. The molecule has 0 aliphatic carbocycles. The summed E-state index contributed by atoms with van der Waals surface area (Å²) >= 11 is 11.5. The maximum absolute atomic E-state index is 11.4. The summed E-state index contributed by atoms with van der Waals surface area (Å²) in [6.45, 7) is 0. The molecule has 0 fully saturated rings. The molecule has 0 saturated heterocycles. The Kier molecular flexibility index (Phi) is 6.20. The minimum absolute atomic E-state index is 0.0770. The van der Waals surface area contributed by atoms with Gasteiger partial charge in [0.2, 0.25) is 0 Å². The fraction of sp³-hybridized carbons (Fsp3) is 0.105. The van der Waals surface area contributed by atoms with Gasteiger partial charge >= 0.3 is 0 Å². The predicted molar refractivity (Wildman–Crippen MR) is 115 cm³/mol. The lowest BCUT2D eigenvalue weighted by molar-refractivity contribution is 0.0975. The Morgan fingerprint density at radius 1 is 1.17 bits per heavy atom. The molecule has 150 valence electrons. The first-order valence-electron chi connectivity index (χ1n) is 8.26. The van der Waals surface area contributed by atoms with Crippen molar-refractivity contribution in [2.24, 2.45) is 5.73 Å². The number of hydrogen-bond acceptors (Lipinski definition) is 6. The van der Waals surface area contributed by atoms with Crippen molar-refractivity contribution >= 4 is 46.3 Å². The summed E-state index contributed by atoms with van der Waals surface area (Å²) in [5.41, 5.74) is 7.11. The number of anilines is 2. The molecule has 3 aromatic rings. The van der Waals surface area contributed by atoms with Crippen molar-refractivity contribution in [3.05, 3.63) is 53.6 Å². The van der Waals surface area contributed by atoms with Crippen molar-refractivity contribution in [3.63, 3.8) is 0 Å². The van der Waals surface area contributed by atoms with Gasteiger partial charge in [-0.05, 0) is 36.5 Å². The average Bonchev–Trinajstić information content (AvgIpc) is 3.19. The lowest BCUT2D eigenvalue weighted by atomic mass is 10.1. The number of rotatable bonds is 6. The number of amides is 1. The fourth-order valence-corrected chi connectivity index (χ4v) is 3.04. The Morgan fingerprint density at radius 3 is 2.55 bits per heavy atom. The molecule has 10 heteroatoms. The molecule has 4 N–H and O–H groups in total. The van der Waals surface area contributed by atoms with E-state index in [4.69, 9.17) is 43.4 Å². The zero-order valence-corrected chi connectivity index (χ0v) is 17.1. The molecular formula is C19H17ClN4O4S. The van der Waals surface area contributed by atoms with E-state index in [0.717, 1.165) is 0 Å². The van der Waals surface area contributed by atoms with Crippen LogP contribution in [0.25, 0.3) is 11.1 Å². The highest BCUT2D eigenvalue weighted by molar-refractivity contribution is 7.80. The molecule has 1 amide bonds. The summed E-state index contributed by atoms with van der Waals surface area (Å²) in [4.78, 5) is 15.7. The van der Waals surface area contributed by atoms with Crippen molar-refractivity contribution < 1.29 is 18.7 Å². The van der Waals surface area contributed by atoms with Gasteiger partial charge in [0.15, 0.2) is 10.9 Å². The maximum Gasteiger partial charge on any atom is 0.285 e. The monoisotopic (exact) mass is 432 g/mol. The third-order valence-electron chi connectivity index (χ3n) is 3.93. The van der Waals surface area contributed by atoms with E-state index in [-0.39, 0.29) is 10.9 Å². The number of furan rings is 1. The number of carbonyl (C=O) groups is 1. The van der Waals surface area contributed by atoms with Crippen LogP contribution in [0.5, 0.6) is 11.5 Å². The van der Waals surface area contributed by atoms with Crippen LogP contribution in [0.2, 0.25) is 5.02 Å². The number of aromatic nitrogens is 1. The molecule has 8 nitrogen and oxygen atoms in total. The first-order valence-corrected chi connectivity index (χ1v) is 9.04. The number of benzene rings is 1. The minimum Gasteiger partial charge on any atom is -0.495 e. The van der Waals surface area contributed by atoms with Crippen LogP contribution >= 0.6 is 23.8 Å². The van der Waals surface area contributed by atoms with Crippen molar-refractivity contribution in [1.82, 2.24) is 4.98 Å². The standard InChI is InChI=1S/C19H17ClN4O4S/c1-26-14-8-15(27-2)13(7-12(14)20)23-19(29)24-16-4-3-10(9-22-16)11-5-6-28-17(11)18(21)25/h3-9H,1-2H3,(H2,21,25)(H2,22,23,24,29). The quantitative estimate of drug-likeness (QED) is 0.502. The summed E-state index contributed by atoms with van der Waals surface area (Å²) in [7, 11) is 3.05. The highest BCUT2D eigenvalue weighted by atomic mass is 35.5. The van der Waals surface area contributed by atoms with E-state index in [1.54, 1.807) is 36.5 Å². The molecule has 0 unspecified atom stereocenters. The molecule has 0 aliphatic heterocycles. The molecule has 2 aromatic heterocycles. The molecule has 1 aromatic carbocycles. The molecule has 0 radical (unpaired) electrons. The van der Waals surface area contributed by atoms with Crippen molar-refractivity contribution in [2.75, 3.05) is 24.9 Å². The first kappa shape index (κ1) is 20.4. The van der Waals surface area contributed by atoms with Crippen LogP contribution in [0, 0.1) is 0 Å². The number of thiocarbonyl (C=S) groups is 1. The summed E-state index contributed by atoms with van der Waals surface area (Å²) in [5, 5.41) is 6.66. The number of halogens is 1. The van der Waals surface area contributed by atoms with Gasteiger partial charge in [-0.3, -0.25) is 4.79 Å². The third-order valence-corrected chi connectivity index (χ3v) is 4.43. The van der Waals surface area contributed by atoms with Gasteiger partial charge in [-0.2, -0.15) is 0 Å². The molecule has 3 rings (SSSR count). The Bertz CT molecular complexity index is 1050. The van der Waals surface area contributed by atoms with Gasteiger partial charge in [-0.15, -0.1) is 0 Å². The van der Waals surface area contributed by atoms with E-state index < -0.39 is 5.91 Å². The molecule has 29 heavy (non-hydrogen) atoms. The van der Waals surface area contributed by atoms with Gasteiger partial charge in [0.05, 0.1) is 31.2 Å². The lowest BCUT2D eigenvalue weighted by Gasteiger charge is -2.15. The fourth-order valence-electron chi connectivity index (χ4n) is 2.58. The topological polar surface area (TPSA) is 112 Å². The number of nitrogens with zero attached hydrogens (tertiary/aromatic N) is 1. The Morgan fingerprint density at radius 2 is 1.93 bits per heavy atom. The zero-order valence-electron chi connectivity index (χ0n) is 15.5. The highest BCUT2D eigenvalue weighted by Gasteiger charge is 2.15. The zero-order chi connectivity index (χ0) is 21.0. The molecule has 0 atom stereocenters. The Balaban J connectivity index is 1.72. The molecule has 0 bridgehead atoms. The van der Waals surface area contributed by atoms with E-state index in [1.807, 2.05) is 0 Å².